The SMILES string of the molecule is Cc1nc(-n2cccc2)sc1C(=O)Nc1cc(N2CCOCC2)ncn1. The van der Waals surface area contributed by atoms with E-state index in [2.05, 4.69) is 25.2 Å². The van der Waals surface area contributed by atoms with E-state index in [-0.39, 0.29) is 5.91 Å². The van der Waals surface area contributed by atoms with E-state index >= 15 is 0 Å². The van der Waals surface area contributed by atoms with Crippen LogP contribution in [0.4, 0.5) is 11.6 Å². The summed E-state index contributed by atoms with van der Waals surface area (Å²) in [5, 5.41) is 3.61. The van der Waals surface area contributed by atoms with E-state index in [9.17, 15) is 4.79 Å². The molecule has 26 heavy (non-hydrogen) atoms. The van der Waals surface area contributed by atoms with Crippen molar-refractivity contribution in [3.05, 3.63) is 47.5 Å². The van der Waals surface area contributed by atoms with Gasteiger partial charge in [-0.2, -0.15) is 0 Å². The molecule has 1 N–H and O–H groups in total. The minimum absolute atomic E-state index is 0.218. The third kappa shape index (κ3) is 3.44. The molecule has 9 heteroatoms. The van der Waals surface area contributed by atoms with Gasteiger partial charge in [-0.3, -0.25) is 4.79 Å². The molecule has 0 aromatic carbocycles. The van der Waals surface area contributed by atoms with Gasteiger partial charge in [0.25, 0.3) is 5.91 Å². The first kappa shape index (κ1) is 16.7. The maximum atomic E-state index is 12.7. The van der Waals surface area contributed by atoms with Gasteiger partial charge < -0.3 is 19.5 Å². The maximum Gasteiger partial charge on any atom is 0.268 e. The van der Waals surface area contributed by atoms with E-state index in [0.717, 1.165) is 24.0 Å². The lowest BCUT2D eigenvalue weighted by Gasteiger charge is -2.27. The second kappa shape index (κ2) is 7.22. The van der Waals surface area contributed by atoms with E-state index in [0.29, 0.717) is 29.6 Å². The van der Waals surface area contributed by atoms with E-state index in [1.807, 2.05) is 36.0 Å². The molecule has 8 nitrogen and oxygen atoms in total. The third-order valence-electron chi connectivity index (χ3n) is 4.05. The highest BCUT2D eigenvalue weighted by molar-refractivity contribution is 7.16. The number of hydrogen-bond donors (Lipinski definition) is 1. The summed E-state index contributed by atoms with van der Waals surface area (Å²) in [5.41, 5.74) is 0.693. The topological polar surface area (TPSA) is 85.2 Å². The summed E-state index contributed by atoms with van der Waals surface area (Å²) in [5.74, 6) is 1.04. The molecule has 1 aliphatic rings. The predicted molar refractivity (Wildman–Crippen MR) is 99.2 cm³/mol. The van der Waals surface area contributed by atoms with E-state index in [1.165, 1.54) is 17.7 Å². The molecule has 3 aromatic rings. The molecule has 3 aromatic heterocycles. The Labute approximate surface area is 154 Å². The number of morpholine rings is 1. The van der Waals surface area contributed by atoms with Crippen LogP contribution >= 0.6 is 11.3 Å². The molecule has 1 amide bonds. The van der Waals surface area contributed by atoms with Crippen LogP contribution in [0.1, 0.15) is 15.4 Å². The van der Waals surface area contributed by atoms with Crippen molar-refractivity contribution in [2.45, 2.75) is 6.92 Å². The number of thiazole rings is 1. The van der Waals surface area contributed by atoms with Crippen molar-refractivity contribution in [2.24, 2.45) is 0 Å². The smallest absolute Gasteiger partial charge is 0.268 e. The molecule has 1 aliphatic heterocycles. The highest BCUT2D eigenvalue weighted by Gasteiger charge is 2.18. The van der Waals surface area contributed by atoms with Crippen molar-refractivity contribution in [3.8, 4) is 5.13 Å². The molecule has 0 unspecified atom stereocenters. The second-order valence-electron chi connectivity index (χ2n) is 5.82. The van der Waals surface area contributed by atoms with Crippen LogP contribution in [0.2, 0.25) is 0 Å². The number of carbonyl (C=O) groups excluding carboxylic acids is 1. The number of amides is 1. The molecule has 0 spiro atoms. The van der Waals surface area contributed by atoms with Gasteiger partial charge in [-0.25, -0.2) is 15.0 Å². The molecule has 134 valence electrons. The summed E-state index contributed by atoms with van der Waals surface area (Å²) in [4.78, 5) is 28.3. The molecule has 1 saturated heterocycles. The fourth-order valence-corrected chi connectivity index (χ4v) is 3.65. The summed E-state index contributed by atoms with van der Waals surface area (Å²) in [6.45, 7) is 4.73. The normalized spacial score (nSPS) is 14.4. The van der Waals surface area contributed by atoms with Gasteiger partial charge in [0, 0.05) is 31.5 Å². The summed E-state index contributed by atoms with van der Waals surface area (Å²) < 4.78 is 7.24. The van der Waals surface area contributed by atoms with Crippen LogP contribution in [0.5, 0.6) is 0 Å². The Kier molecular flexibility index (Phi) is 4.63. The summed E-state index contributed by atoms with van der Waals surface area (Å²) in [6, 6.07) is 5.63. The van der Waals surface area contributed by atoms with Crippen molar-refractivity contribution in [1.29, 1.82) is 0 Å². The summed E-state index contributed by atoms with van der Waals surface area (Å²) >= 11 is 1.35. The predicted octanol–water partition coefficient (Wildman–Crippen LogP) is 2.12. The van der Waals surface area contributed by atoms with Crippen molar-refractivity contribution in [3.63, 3.8) is 0 Å². The van der Waals surface area contributed by atoms with Crippen molar-refractivity contribution >= 4 is 28.9 Å². The number of nitrogens with one attached hydrogen (secondary N) is 1. The molecule has 4 heterocycles. The Morgan fingerprint density at radius 3 is 2.77 bits per heavy atom. The summed E-state index contributed by atoms with van der Waals surface area (Å²) in [7, 11) is 0. The van der Waals surface area contributed by atoms with Gasteiger partial charge in [-0.05, 0) is 19.1 Å². The zero-order valence-electron chi connectivity index (χ0n) is 14.3. The lowest BCUT2D eigenvalue weighted by Crippen LogP contribution is -2.36. The maximum absolute atomic E-state index is 12.7. The fourth-order valence-electron chi connectivity index (χ4n) is 2.72. The Bertz CT molecular complexity index is 902. The molecule has 4 rings (SSSR count). The number of nitrogens with zero attached hydrogens (tertiary/aromatic N) is 5. The minimum Gasteiger partial charge on any atom is -0.378 e. The van der Waals surface area contributed by atoms with Crippen LogP contribution in [-0.4, -0.2) is 51.7 Å². The van der Waals surface area contributed by atoms with Gasteiger partial charge in [0.2, 0.25) is 0 Å². The van der Waals surface area contributed by atoms with E-state index in [1.54, 1.807) is 6.07 Å². The van der Waals surface area contributed by atoms with Gasteiger partial charge in [0.1, 0.15) is 22.8 Å². The molecular weight excluding hydrogens is 352 g/mol. The molecule has 0 saturated carbocycles. The van der Waals surface area contributed by atoms with E-state index in [4.69, 9.17) is 4.74 Å². The largest absolute Gasteiger partial charge is 0.378 e. The summed E-state index contributed by atoms with van der Waals surface area (Å²) in [6.07, 6.45) is 5.27. The molecule has 0 aliphatic carbocycles. The number of aromatic nitrogens is 4. The van der Waals surface area contributed by atoms with Crippen LogP contribution < -0.4 is 10.2 Å². The van der Waals surface area contributed by atoms with E-state index < -0.39 is 0 Å². The number of rotatable bonds is 4. The first-order chi connectivity index (χ1) is 12.7. The van der Waals surface area contributed by atoms with Crippen LogP contribution in [0.15, 0.2) is 36.9 Å². The number of ether oxygens (including phenoxy) is 1. The van der Waals surface area contributed by atoms with Gasteiger partial charge >= 0.3 is 0 Å². The number of anilines is 2. The third-order valence-corrected chi connectivity index (χ3v) is 5.22. The van der Waals surface area contributed by atoms with Gasteiger partial charge in [-0.15, -0.1) is 0 Å². The average molecular weight is 370 g/mol. The monoisotopic (exact) mass is 370 g/mol. The molecule has 1 fully saturated rings. The minimum atomic E-state index is -0.218. The quantitative estimate of drug-likeness (QED) is 0.757. The van der Waals surface area contributed by atoms with Gasteiger partial charge in [0.15, 0.2) is 5.13 Å². The number of carbonyl (C=O) groups is 1. The second-order valence-corrected chi connectivity index (χ2v) is 6.79. The first-order valence-electron chi connectivity index (χ1n) is 8.27. The van der Waals surface area contributed by atoms with Gasteiger partial charge in [0.05, 0.1) is 18.9 Å². The van der Waals surface area contributed by atoms with Gasteiger partial charge in [-0.1, -0.05) is 11.3 Å². The highest BCUT2D eigenvalue weighted by Crippen LogP contribution is 2.23. The van der Waals surface area contributed by atoms with Crippen LogP contribution in [0.25, 0.3) is 5.13 Å². The van der Waals surface area contributed by atoms with Crippen molar-refractivity contribution in [1.82, 2.24) is 19.5 Å². The first-order valence-corrected chi connectivity index (χ1v) is 9.09. The number of aryl methyl sites for hydroxylation is 1. The lowest BCUT2D eigenvalue weighted by atomic mass is 10.3. The molecule has 0 bridgehead atoms. The average Bonchev–Trinajstić information content (AvgIpc) is 3.32. The molecular formula is C17H18N6O2S. The van der Waals surface area contributed by atoms with Crippen LogP contribution in [-0.2, 0) is 4.74 Å². The highest BCUT2D eigenvalue weighted by atomic mass is 32.1. The molecule has 0 atom stereocenters. The van der Waals surface area contributed by atoms with Crippen LogP contribution in [0, 0.1) is 6.92 Å². The number of hydrogen-bond acceptors (Lipinski definition) is 7. The van der Waals surface area contributed by atoms with Crippen LogP contribution in [0.3, 0.4) is 0 Å². The lowest BCUT2D eigenvalue weighted by molar-refractivity contribution is 0.102. The fraction of sp³-hybridized carbons (Fsp3) is 0.294. The Morgan fingerprint density at radius 2 is 2.00 bits per heavy atom. The Hall–Kier alpha value is -2.78. The Morgan fingerprint density at radius 1 is 1.23 bits per heavy atom. The van der Waals surface area contributed by atoms with Crippen molar-refractivity contribution < 1.29 is 9.53 Å². The Balaban J connectivity index is 1.51. The standard InChI is InChI=1S/C17H18N6O2S/c1-12-15(26-17(20-12)23-4-2-3-5-23)16(24)21-13-10-14(19-11-18-13)22-6-8-25-9-7-22/h2-5,10-11H,6-9H2,1H3,(H,18,19,21,24). The van der Waals surface area contributed by atoms with Crippen molar-refractivity contribution in [2.75, 3.05) is 36.5 Å². The zero-order chi connectivity index (χ0) is 17.9. The molecule has 0 radical (unpaired) electrons. The zero-order valence-corrected chi connectivity index (χ0v) is 15.1.